The zero-order valence-electron chi connectivity index (χ0n) is 13.4. The zero-order valence-corrected chi connectivity index (χ0v) is 16.5. The molecule has 1 unspecified atom stereocenters. The summed E-state index contributed by atoms with van der Waals surface area (Å²) >= 11 is 0. The van der Waals surface area contributed by atoms with Crippen LogP contribution in [0.3, 0.4) is 0 Å². The van der Waals surface area contributed by atoms with Crippen molar-refractivity contribution >= 4 is 11.9 Å². The van der Waals surface area contributed by atoms with Crippen LogP contribution in [0.5, 0.6) is 0 Å². The first kappa shape index (κ1) is 22.9. The molecule has 5 heteroatoms. The topological polar surface area (TPSA) is 66.4 Å². The molecule has 0 saturated heterocycles. The van der Waals surface area contributed by atoms with E-state index in [1.807, 2.05) is 0 Å². The molecule has 0 rings (SSSR count). The van der Waals surface area contributed by atoms with Gasteiger partial charge in [-0.05, 0) is 13.3 Å². The van der Waals surface area contributed by atoms with Crippen molar-refractivity contribution in [2.75, 3.05) is 0 Å². The Labute approximate surface area is 165 Å². The van der Waals surface area contributed by atoms with Crippen molar-refractivity contribution < 1.29 is 66.1 Å². The summed E-state index contributed by atoms with van der Waals surface area (Å²) in [6.07, 6.45) is 11.3. The molecule has 0 aromatic rings. The van der Waals surface area contributed by atoms with Crippen LogP contribution in [0.4, 0.5) is 0 Å². The van der Waals surface area contributed by atoms with Gasteiger partial charge in [0.1, 0.15) is 6.04 Å². The normalized spacial score (nSPS) is 11.5. The van der Waals surface area contributed by atoms with E-state index in [9.17, 15) is 9.59 Å². The quantitative estimate of drug-likeness (QED) is 0.407. The van der Waals surface area contributed by atoms with E-state index in [2.05, 4.69) is 12.2 Å². The third-order valence-electron chi connectivity index (χ3n) is 3.26. The molecule has 0 aromatic carbocycles. The van der Waals surface area contributed by atoms with Crippen molar-refractivity contribution in [2.45, 2.75) is 84.1 Å². The van der Waals surface area contributed by atoms with Crippen molar-refractivity contribution in [1.82, 2.24) is 5.32 Å². The monoisotopic (exact) mass is 310 g/mol. The third-order valence-corrected chi connectivity index (χ3v) is 3.26. The van der Waals surface area contributed by atoms with Crippen molar-refractivity contribution in [1.29, 1.82) is 0 Å². The van der Waals surface area contributed by atoms with Gasteiger partial charge in [-0.2, -0.15) is 0 Å². The summed E-state index contributed by atoms with van der Waals surface area (Å²) in [5, 5.41) is 11.1. The standard InChI is InChI=1S/C15H29NO3.K/c1-3-4-5-6-7-8-9-10-11-12-14(17)16-13(2)15(18)19;/h13H,3-12H2,1-2H3,(H,16,17)(H,18,19);/q;+1. The number of aliphatic carboxylic acids is 1. The maximum atomic E-state index is 11.4. The molecule has 1 atom stereocenters. The second-order valence-electron chi connectivity index (χ2n) is 5.21. The smallest absolute Gasteiger partial charge is 0.480 e. The average molecular weight is 310 g/mol. The van der Waals surface area contributed by atoms with E-state index in [0.29, 0.717) is 6.42 Å². The second kappa shape index (κ2) is 16.0. The first-order valence-corrected chi connectivity index (χ1v) is 7.60. The largest absolute Gasteiger partial charge is 1.00 e. The Bertz CT molecular complexity index is 260. The number of carboxylic acids is 1. The number of carbonyl (C=O) groups excluding carboxylic acids is 1. The van der Waals surface area contributed by atoms with Crippen molar-refractivity contribution in [3.05, 3.63) is 0 Å². The fourth-order valence-corrected chi connectivity index (χ4v) is 1.97. The maximum absolute atomic E-state index is 11.4. The van der Waals surface area contributed by atoms with Crippen LogP contribution in [0.15, 0.2) is 0 Å². The fraction of sp³-hybridized carbons (Fsp3) is 0.867. The van der Waals surface area contributed by atoms with Gasteiger partial charge in [-0.1, -0.05) is 58.3 Å². The van der Waals surface area contributed by atoms with Crippen molar-refractivity contribution in [3.8, 4) is 0 Å². The van der Waals surface area contributed by atoms with Gasteiger partial charge >= 0.3 is 57.4 Å². The number of hydrogen-bond acceptors (Lipinski definition) is 2. The Morgan fingerprint density at radius 2 is 1.40 bits per heavy atom. The molecule has 0 fully saturated rings. The fourth-order valence-electron chi connectivity index (χ4n) is 1.97. The molecular formula is C15H29KNO3+. The summed E-state index contributed by atoms with van der Waals surface area (Å²) < 4.78 is 0. The van der Waals surface area contributed by atoms with Crippen molar-refractivity contribution in [2.24, 2.45) is 0 Å². The maximum Gasteiger partial charge on any atom is 1.00 e. The Hall–Kier alpha value is 0.576. The zero-order chi connectivity index (χ0) is 14.5. The van der Waals surface area contributed by atoms with Gasteiger partial charge in [0.05, 0.1) is 0 Å². The molecule has 1 amide bonds. The molecule has 0 bridgehead atoms. The average Bonchev–Trinajstić information content (AvgIpc) is 2.36. The minimum atomic E-state index is -0.986. The van der Waals surface area contributed by atoms with E-state index in [-0.39, 0.29) is 57.3 Å². The van der Waals surface area contributed by atoms with Gasteiger partial charge < -0.3 is 10.4 Å². The van der Waals surface area contributed by atoms with Crippen molar-refractivity contribution in [3.63, 3.8) is 0 Å². The van der Waals surface area contributed by atoms with Crippen LogP contribution in [0.25, 0.3) is 0 Å². The van der Waals surface area contributed by atoms with E-state index < -0.39 is 12.0 Å². The van der Waals surface area contributed by atoms with Crippen LogP contribution in [0.2, 0.25) is 0 Å². The van der Waals surface area contributed by atoms with Gasteiger partial charge in [-0.15, -0.1) is 0 Å². The molecule has 0 aliphatic rings. The van der Waals surface area contributed by atoms with E-state index in [0.717, 1.165) is 12.8 Å². The number of carboxylic acid groups (broad SMARTS) is 1. The van der Waals surface area contributed by atoms with E-state index in [1.54, 1.807) is 0 Å². The SMILES string of the molecule is CCCCCCCCCCCC(=O)NC(C)C(=O)O.[K+]. The Balaban J connectivity index is 0. The van der Waals surface area contributed by atoms with E-state index in [4.69, 9.17) is 5.11 Å². The summed E-state index contributed by atoms with van der Waals surface area (Å²) in [6.45, 7) is 3.70. The predicted octanol–water partition coefficient (Wildman–Crippen LogP) is 0.501. The summed E-state index contributed by atoms with van der Waals surface area (Å²) in [7, 11) is 0. The Kier molecular flexibility index (Phi) is 18.2. The molecule has 0 heterocycles. The molecule has 0 radical (unpaired) electrons. The van der Waals surface area contributed by atoms with Crippen LogP contribution < -0.4 is 56.7 Å². The van der Waals surface area contributed by atoms with Crippen LogP contribution in [-0.4, -0.2) is 23.0 Å². The second-order valence-corrected chi connectivity index (χ2v) is 5.21. The van der Waals surface area contributed by atoms with Gasteiger partial charge in [0.25, 0.3) is 0 Å². The Morgan fingerprint density at radius 1 is 0.950 bits per heavy atom. The van der Waals surface area contributed by atoms with E-state index in [1.165, 1.54) is 51.9 Å². The predicted molar refractivity (Wildman–Crippen MR) is 77.1 cm³/mol. The molecule has 2 N–H and O–H groups in total. The number of carbonyl (C=O) groups is 2. The summed E-state index contributed by atoms with van der Waals surface area (Å²) in [6, 6.07) is -0.786. The van der Waals surface area contributed by atoms with Crippen LogP contribution in [0, 0.1) is 0 Å². The minimum Gasteiger partial charge on any atom is -0.480 e. The van der Waals surface area contributed by atoms with Gasteiger partial charge in [-0.25, -0.2) is 0 Å². The van der Waals surface area contributed by atoms with E-state index >= 15 is 0 Å². The number of nitrogens with one attached hydrogen (secondary N) is 1. The number of rotatable bonds is 12. The summed E-state index contributed by atoms with van der Waals surface area (Å²) in [5.74, 6) is -1.14. The molecule has 0 saturated carbocycles. The first-order chi connectivity index (χ1) is 9.07. The molecule has 112 valence electrons. The molecule has 4 nitrogen and oxygen atoms in total. The van der Waals surface area contributed by atoms with Crippen LogP contribution in [-0.2, 0) is 9.59 Å². The molecular weight excluding hydrogens is 281 g/mol. The molecule has 20 heavy (non-hydrogen) atoms. The number of amides is 1. The Morgan fingerprint density at radius 3 is 1.85 bits per heavy atom. The van der Waals surface area contributed by atoms with Gasteiger partial charge in [0.15, 0.2) is 0 Å². The summed E-state index contributed by atoms with van der Waals surface area (Å²) in [5.41, 5.74) is 0. The molecule has 0 spiro atoms. The van der Waals surface area contributed by atoms with Gasteiger partial charge in [0.2, 0.25) is 5.91 Å². The molecule has 0 aliphatic carbocycles. The minimum absolute atomic E-state index is 0. The van der Waals surface area contributed by atoms with Gasteiger partial charge in [-0.3, -0.25) is 9.59 Å². The van der Waals surface area contributed by atoms with Crippen LogP contribution in [0.1, 0.15) is 78.1 Å². The first-order valence-electron chi connectivity index (χ1n) is 7.60. The van der Waals surface area contributed by atoms with Gasteiger partial charge in [0, 0.05) is 6.42 Å². The summed E-state index contributed by atoms with van der Waals surface area (Å²) in [4.78, 5) is 21.9. The molecule has 0 aliphatic heterocycles. The molecule has 0 aromatic heterocycles. The number of hydrogen-bond donors (Lipinski definition) is 2. The third kappa shape index (κ3) is 15.0. The number of unbranched alkanes of at least 4 members (excludes halogenated alkanes) is 8. The van der Waals surface area contributed by atoms with Crippen LogP contribution >= 0.6 is 0 Å².